The van der Waals surface area contributed by atoms with Crippen LogP contribution >= 0.6 is 0 Å². The highest BCUT2D eigenvalue weighted by atomic mass is 16.5. The lowest BCUT2D eigenvalue weighted by Crippen LogP contribution is -2.28. The molecule has 0 fully saturated rings. The molecule has 0 spiro atoms. The van der Waals surface area contributed by atoms with Gasteiger partial charge in [0.05, 0.1) is 5.69 Å². The summed E-state index contributed by atoms with van der Waals surface area (Å²) in [4.78, 5) is 27.3. The first kappa shape index (κ1) is 13.1. The summed E-state index contributed by atoms with van der Waals surface area (Å²) in [5.41, 5.74) is 0.964. The first-order valence-corrected chi connectivity index (χ1v) is 6.41. The van der Waals surface area contributed by atoms with Gasteiger partial charge < -0.3 is 15.4 Å². The van der Waals surface area contributed by atoms with Crippen molar-refractivity contribution in [2.75, 3.05) is 18.5 Å². The van der Waals surface area contributed by atoms with Crippen molar-refractivity contribution in [1.29, 1.82) is 0 Å². The lowest BCUT2D eigenvalue weighted by molar-refractivity contribution is -0.118. The highest BCUT2D eigenvalue weighted by Gasteiger charge is 2.17. The van der Waals surface area contributed by atoms with E-state index in [1.54, 1.807) is 18.2 Å². The maximum Gasteiger partial charge on any atom is 0.262 e. The van der Waals surface area contributed by atoms with Gasteiger partial charge in [-0.1, -0.05) is 0 Å². The van der Waals surface area contributed by atoms with Gasteiger partial charge >= 0.3 is 0 Å². The SMILES string of the molecule is O=C1COc2ccc(C(=O)NCCc3ncn[nH]3)cc2N1. The Morgan fingerprint density at radius 1 is 1.43 bits per heavy atom. The van der Waals surface area contributed by atoms with E-state index in [-0.39, 0.29) is 18.4 Å². The number of aromatic amines is 1. The summed E-state index contributed by atoms with van der Waals surface area (Å²) in [6.45, 7) is 0.434. The number of nitrogens with zero attached hydrogens (tertiary/aromatic N) is 2. The molecule has 1 aromatic carbocycles. The Hall–Kier alpha value is -2.90. The molecule has 0 saturated heterocycles. The maximum absolute atomic E-state index is 12.0. The summed E-state index contributed by atoms with van der Waals surface area (Å²) in [7, 11) is 0. The molecule has 21 heavy (non-hydrogen) atoms. The van der Waals surface area contributed by atoms with E-state index in [4.69, 9.17) is 4.74 Å². The third-order valence-corrected chi connectivity index (χ3v) is 2.99. The van der Waals surface area contributed by atoms with E-state index in [0.29, 0.717) is 35.8 Å². The van der Waals surface area contributed by atoms with Crippen molar-refractivity contribution >= 4 is 17.5 Å². The summed E-state index contributed by atoms with van der Waals surface area (Å²) in [6.07, 6.45) is 1.99. The number of carbonyl (C=O) groups excluding carboxylic acids is 2. The van der Waals surface area contributed by atoms with Crippen LogP contribution in [0.5, 0.6) is 5.75 Å². The summed E-state index contributed by atoms with van der Waals surface area (Å²) in [5.74, 6) is 0.816. The van der Waals surface area contributed by atoms with Crippen molar-refractivity contribution in [2.24, 2.45) is 0 Å². The van der Waals surface area contributed by atoms with Crippen molar-refractivity contribution in [3.63, 3.8) is 0 Å². The number of ether oxygens (including phenoxy) is 1. The Balaban J connectivity index is 1.62. The Labute approximate surface area is 119 Å². The Kier molecular flexibility index (Phi) is 3.50. The Morgan fingerprint density at radius 3 is 3.14 bits per heavy atom. The molecule has 0 saturated carbocycles. The molecule has 1 aromatic heterocycles. The van der Waals surface area contributed by atoms with Crippen molar-refractivity contribution in [3.05, 3.63) is 35.9 Å². The van der Waals surface area contributed by atoms with Crippen LogP contribution < -0.4 is 15.4 Å². The highest BCUT2D eigenvalue weighted by molar-refractivity contribution is 5.99. The van der Waals surface area contributed by atoms with Crippen molar-refractivity contribution in [3.8, 4) is 5.75 Å². The second-order valence-corrected chi connectivity index (χ2v) is 4.49. The van der Waals surface area contributed by atoms with Crippen molar-refractivity contribution in [2.45, 2.75) is 6.42 Å². The molecule has 1 aliphatic heterocycles. The number of benzene rings is 1. The number of rotatable bonds is 4. The lowest BCUT2D eigenvalue weighted by Gasteiger charge is -2.18. The Morgan fingerprint density at radius 2 is 2.33 bits per heavy atom. The van der Waals surface area contributed by atoms with Crippen LogP contribution in [0.15, 0.2) is 24.5 Å². The lowest BCUT2D eigenvalue weighted by atomic mass is 10.1. The number of aromatic nitrogens is 3. The number of anilines is 1. The average Bonchev–Trinajstić information content (AvgIpc) is 2.99. The summed E-state index contributed by atoms with van der Waals surface area (Å²) in [5, 5.41) is 11.9. The topological polar surface area (TPSA) is 109 Å². The molecular weight excluding hydrogens is 274 g/mol. The van der Waals surface area contributed by atoms with Gasteiger partial charge in [-0.2, -0.15) is 5.10 Å². The molecule has 2 amide bonds. The number of carbonyl (C=O) groups is 2. The van der Waals surface area contributed by atoms with Gasteiger partial charge in [-0.05, 0) is 18.2 Å². The molecule has 8 nitrogen and oxygen atoms in total. The first-order valence-electron chi connectivity index (χ1n) is 6.41. The van der Waals surface area contributed by atoms with E-state index in [9.17, 15) is 9.59 Å². The van der Waals surface area contributed by atoms with E-state index in [0.717, 1.165) is 0 Å². The van der Waals surface area contributed by atoms with Crippen molar-refractivity contribution in [1.82, 2.24) is 20.5 Å². The molecule has 0 radical (unpaired) electrons. The zero-order chi connectivity index (χ0) is 14.7. The van der Waals surface area contributed by atoms with Crippen LogP contribution in [0.4, 0.5) is 5.69 Å². The number of nitrogens with one attached hydrogen (secondary N) is 3. The number of hydrogen-bond donors (Lipinski definition) is 3. The van der Waals surface area contributed by atoms with E-state index >= 15 is 0 Å². The standard InChI is InChI=1S/C13H13N5O3/c19-12-6-21-10-2-1-8(5-9(10)17-12)13(20)14-4-3-11-15-7-16-18-11/h1-2,5,7H,3-4,6H2,(H,14,20)(H,17,19)(H,15,16,18). The summed E-state index contributed by atoms with van der Waals surface area (Å²) < 4.78 is 5.24. The predicted octanol–water partition coefficient (Wildman–Crippen LogP) is 0.108. The fourth-order valence-electron chi connectivity index (χ4n) is 1.97. The van der Waals surface area contributed by atoms with Crippen molar-refractivity contribution < 1.29 is 14.3 Å². The smallest absolute Gasteiger partial charge is 0.262 e. The van der Waals surface area contributed by atoms with E-state index in [2.05, 4.69) is 25.8 Å². The van der Waals surface area contributed by atoms with Gasteiger partial charge in [0, 0.05) is 18.5 Å². The van der Waals surface area contributed by atoms with Gasteiger partial charge in [0.25, 0.3) is 11.8 Å². The van der Waals surface area contributed by atoms with Crippen LogP contribution in [0, 0.1) is 0 Å². The fourth-order valence-corrected chi connectivity index (χ4v) is 1.97. The quantitative estimate of drug-likeness (QED) is 0.739. The molecule has 3 rings (SSSR count). The minimum Gasteiger partial charge on any atom is -0.482 e. The molecule has 0 unspecified atom stereocenters. The van der Waals surface area contributed by atoms with Gasteiger partial charge in [0.2, 0.25) is 0 Å². The van der Waals surface area contributed by atoms with Crippen LogP contribution in [0.25, 0.3) is 0 Å². The third kappa shape index (κ3) is 2.99. The van der Waals surface area contributed by atoms with E-state index < -0.39 is 0 Å². The number of fused-ring (bicyclic) bond motifs is 1. The molecule has 108 valence electrons. The first-order chi connectivity index (χ1) is 10.2. The minimum absolute atomic E-state index is 0.00424. The third-order valence-electron chi connectivity index (χ3n) is 2.99. The molecule has 3 N–H and O–H groups in total. The minimum atomic E-state index is -0.231. The Bertz CT molecular complexity index is 668. The molecule has 0 bridgehead atoms. The molecule has 8 heteroatoms. The largest absolute Gasteiger partial charge is 0.482 e. The second kappa shape index (κ2) is 5.61. The molecular formula is C13H13N5O3. The maximum atomic E-state index is 12.0. The highest BCUT2D eigenvalue weighted by Crippen LogP contribution is 2.28. The molecule has 2 aromatic rings. The summed E-state index contributed by atoms with van der Waals surface area (Å²) >= 11 is 0. The zero-order valence-electron chi connectivity index (χ0n) is 11.0. The van der Waals surface area contributed by atoms with Gasteiger partial charge in [0.1, 0.15) is 17.9 Å². The molecule has 1 aliphatic rings. The van der Waals surface area contributed by atoms with Crippen LogP contribution in [-0.2, 0) is 11.2 Å². The number of amides is 2. The molecule has 0 aliphatic carbocycles. The second-order valence-electron chi connectivity index (χ2n) is 4.49. The predicted molar refractivity (Wildman–Crippen MR) is 73.0 cm³/mol. The van der Waals surface area contributed by atoms with Crippen LogP contribution in [-0.4, -0.2) is 40.1 Å². The molecule has 2 heterocycles. The van der Waals surface area contributed by atoms with Gasteiger partial charge in [-0.25, -0.2) is 4.98 Å². The fraction of sp³-hybridized carbons (Fsp3) is 0.231. The molecule has 0 atom stereocenters. The van der Waals surface area contributed by atoms with Gasteiger partial charge in [0.15, 0.2) is 6.61 Å². The number of H-pyrrole nitrogens is 1. The van der Waals surface area contributed by atoms with Crippen LogP contribution in [0.2, 0.25) is 0 Å². The van der Waals surface area contributed by atoms with Gasteiger partial charge in [-0.3, -0.25) is 14.7 Å². The summed E-state index contributed by atoms with van der Waals surface area (Å²) in [6, 6.07) is 4.91. The van der Waals surface area contributed by atoms with Crippen LogP contribution in [0.1, 0.15) is 16.2 Å². The van der Waals surface area contributed by atoms with E-state index in [1.165, 1.54) is 6.33 Å². The monoisotopic (exact) mass is 287 g/mol. The normalized spacial score (nSPS) is 13.0. The van der Waals surface area contributed by atoms with Gasteiger partial charge in [-0.15, -0.1) is 0 Å². The van der Waals surface area contributed by atoms with E-state index in [1.807, 2.05) is 0 Å². The zero-order valence-corrected chi connectivity index (χ0v) is 11.0. The van der Waals surface area contributed by atoms with Crippen LogP contribution in [0.3, 0.4) is 0 Å². The average molecular weight is 287 g/mol. The number of hydrogen-bond acceptors (Lipinski definition) is 5.